The first-order valence-corrected chi connectivity index (χ1v) is 15.6. The summed E-state index contributed by atoms with van der Waals surface area (Å²) in [5.41, 5.74) is 0.728. The van der Waals surface area contributed by atoms with Gasteiger partial charge < -0.3 is 24.8 Å². The number of Topliss-reactive ketones (excluding diaryl/α,β-unsaturated/α-hetero) is 3. The fourth-order valence-electron chi connectivity index (χ4n) is 8.29. The third-order valence-corrected chi connectivity index (χ3v) is 10.6. The molecule has 9 nitrogen and oxygen atoms in total. The number of halogens is 2. The number of amides is 1. The van der Waals surface area contributed by atoms with Gasteiger partial charge in [0.15, 0.2) is 23.5 Å². The molecule has 230 valence electrons. The second-order valence-electron chi connectivity index (χ2n) is 13.1. The number of benzene rings is 1. The first-order valence-electron chi connectivity index (χ1n) is 15.6. The number of hydrogen-bond acceptors (Lipinski definition) is 8. The predicted molar refractivity (Wildman–Crippen MR) is 152 cm³/mol. The number of likely N-dealkylation sites (N-methyl/N-ethyl adjacent to an activating group) is 1. The summed E-state index contributed by atoms with van der Waals surface area (Å²) < 4.78 is 36.6. The molecule has 11 heteroatoms. The Morgan fingerprint density at radius 3 is 2.30 bits per heavy atom. The first kappa shape index (κ1) is 28.7. The molecule has 0 aromatic heterocycles. The highest BCUT2D eigenvalue weighted by molar-refractivity contribution is 6.20. The highest BCUT2D eigenvalue weighted by Crippen LogP contribution is 2.50. The van der Waals surface area contributed by atoms with Crippen LogP contribution in [0.5, 0.6) is 0 Å². The molecule has 2 saturated heterocycles. The first-order chi connectivity index (χ1) is 20.7. The van der Waals surface area contributed by atoms with Crippen LogP contribution in [0, 0.1) is 17.8 Å². The lowest BCUT2D eigenvalue weighted by Gasteiger charge is -2.59. The van der Waals surface area contributed by atoms with Gasteiger partial charge in [-0.2, -0.15) is 0 Å². The Bertz CT molecular complexity index is 1360. The summed E-state index contributed by atoms with van der Waals surface area (Å²) in [6.45, 7) is 5.17. The van der Waals surface area contributed by atoms with Crippen LogP contribution in [-0.4, -0.2) is 121 Å². The van der Waals surface area contributed by atoms with Gasteiger partial charge in [0.05, 0.1) is 23.8 Å². The maximum Gasteiger partial charge on any atom is 0.256 e. The van der Waals surface area contributed by atoms with Gasteiger partial charge in [0, 0.05) is 67.8 Å². The Hall–Kier alpha value is -3.02. The van der Waals surface area contributed by atoms with Crippen molar-refractivity contribution in [2.45, 2.75) is 62.3 Å². The number of piperazine rings is 1. The van der Waals surface area contributed by atoms with E-state index >= 15 is 8.78 Å². The van der Waals surface area contributed by atoms with Gasteiger partial charge in [-0.15, -0.1) is 0 Å². The Morgan fingerprint density at radius 1 is 0.930 bits per heavy atom. The summed E-state index contributed by atoms with van der Waals surface area (Å²) >= 11 is 0. The number of hydrogen-bond donors (Lipinski definition) is 1. The van der Waals surface area contributed by atoms with E-state index < -0.39 is 66.1 Å². The second-order valence-corrected chi connectivity index (χ2v) is 13.1. The number of ether oxygens (including phenoxy) is 1. The fourth-order valence-corrected chi connectivity index (χ4v) is 8.29. The van der Waals surface area contributed by atoms with E-state index in [4.69, 9.17) is 4.74 Å². The number of rotatable bonds is 5. The van der Waals surface area contributed by atoms with Gasteiger partial charge in [0.25, 0.3) is 5.91 Å². The van der Waals surface area contributed by atoms with Crippen molar-refractivity contribution in [3.8, 4) is 0 Å². The topological polar surface area (TPSA) is 99.3 Å². The van der Waals surface area contributed by atoms with Crippen molar-refractivity contribution in [3.63, 3.8) is 0 Å². The summed E-state index contributed by atoms with van der Waals surface area (Å²) in [6, 6.07) is 5.56. The molecule has 3 heterocycles. The van der Waals surface area contributed by atoms with Gasteiger partial charge in [-0.25, -0.2) is 8.78 Å². The lowest BCUT2D eigenvalue weighted by molar-refractivity contribution is -0.214. The Morgan fingerprint density at radius 2 is 1.60 bits per heavy atom. The SMILES string of the molecule is CN1CCN(CCCNC(=O)C2=CN3C4CC5C(=O)c6ccccc6C(=O)C5CC4OC4C(F)C(F)CC(C2=O)C43)CC1. The number of morpholine rings is 1. The Labute approximate surface area is 249 Å². The molecule has 1 N–H and O–H groups in total. The van der Waals surface area contributed by atoms with Gasteiger partial charge >= 0.3 is 0 Å². The summed E-state index contributed by atoms with van der Waals surface area (Å²) in [5.74, 6) is -3.39. The molecule has 9 atom stereocenters. The van der Waals surface area contributed by atoms with Crippen molar-refractivity contribution >= 4 is 23.3 Å². The summed E-state index contributed by atoms with van der Waals surface area (Å²) in [5, 5.41) is 2.87. The number of fused-ring (bicyclic) bond motifs is 4. The van der Waals surface area contributed by atoms with E-state index in [1.54, 1.807) is 24.3 Å². The van der Waals surface area contributed by atoms with Crippen LogP contribution in [0.1, 0.15) is 46.4 Å². The minimum absolute atomic E-state index is 0.0664. The van der Waals surface area contributed by atoms with Crippen LogP contribution >= 0.6 is 0 Å². The molecule has 1 aromatic carbocycles. The largest absolute Gasteiger partial charge is 0.367 e. The molecule has 0 bridgehead atoms. The maximum absolute atomic E-state index is 15.3. The molecule has 0 spiro atoms. The van der Waals surface area contributed by atoms with Crippen LogP contribution in [0.4, 0.5) is 8.78 Å². The zero-order valence-electron chi connectivity index (χ0n) is 24.3. The van der Waals surface area contributed by atoms with Crippen LogP contribution in [0.2, 0.25) is 0 Å². The van der Waals surface area contributed by atoms with Gasteiger partial charge in [0.1, 0.15) is 12.3 Å². The Balaban J connectivity index is 1.13. The normalized spacial score (nSPS) is 37.6. The molecule has 1 aromatic rings. The third kappa shape index (κ3) is 4.84. The highest BCUT2D eigenvalue weighted by Gasteiger charge is 2.61. The molecule has 6 aliphatic rings. The lowest BCUT2D eigenvalue weighted by Crippen LogP contribution is -2.71. The van der Waals surface area contributed by atoms with Crippen molar-refractivity contribution in [2.24, 2.45) is 17.8 Å². The minimum Gasteiger partial charge on any atom is -0.367 e. The summed E-state index contributed by atoms with van der Waals surface area (Å²) in [4.78, 5) is 60.4. The number of nitrogens with one attached hydrogen (secondary N) is 1. The summed E-state index contributed by atoms with van der Waals surface area (Å²) in [6.07, 6.45) is -3.33. The number of carbonyl (C=O) groups excluding carboxylic acids is 4. The van der Waals surface area contributed by atoms with Crippen LogP contribution in [0.15, 0.2) is 36.0 Å². The average molecular weight is 597 g/mol. The second kappa shape index (κ2) is 11.2. The zero-order valence-corrected chi connectivity index (χ0v) is 24.3. The van der Waals surface area contributed by atoms with Gasteiger partial charge in [-0.3, -0.25) is 19.2 Å². The Kier molecular flexibility index (Phi) is 7.46. The molecular formula is C32H38F2N4O5. The zero-order chi connectivity index (χ0) is 30.0. The van der Waals surface area contributed by atoms with Crippen LogP contribution in [0.3, 0.4) is 0 Å². The molecule has 0 radical (unpaired) electrons. The number of carbonyl (C=O) groups is 4. The summed E-state index contributed by atoms with van der Waals surface area (Å²) in [7, 11) is 2.10. The van der Waals surface area contributed by atoms with E-state index in [0.717, 1.165) is 39.1 Å². The number of nitrogens with zero attached hydrogens (tertiary/aromatic N) is 3. The minimum atomic E-state index is -1.93. The predicted octanol–water partition coefficient (Wildman–Crippen LogP) is 1.81. The molecular weight excluding hydrogens is 558 g/mol. The van der Waals surface area contributed by atoms with E-state index in [1.165, 1.54) is 6.20 Å². The highest BCUT2D eigenvalue weighted by atomic mass is 19.2. The van der Waals surface area contributed by atoms with Crippen molar-refractivity contribution < 1.29 is 32.7 Å². The van der Waals surface area contributed by atoms with E-state index in [-0.39, 0.29) is 36.4 Å². The smallest absolute Gasteiger partial charge is 0.256 e. The van der Waals surface area contributed by atoms with Crippen LogP contribution in [-0.2, 0) is 14.3 Å². The molecule has 43 heavy (non-hydrogen) atoms. The third-order valence-electron chi connectivity index (χ3n) is 10.6. The molecule has 2 saturated carbocycles. The van der Waals surface area contributed by atoms with E-state index in [2.05, 4.69) is 22.2 Å². The molecule has 7 rings (SSSR count). The van der Waals surface area contributed by atoms with E-state index in [1.807, 2.05) is 4.90 Å². The molecule has 1 amide bonds. The van der Waals surface area contributed by atoms with Gasteiger partial charge in [0.2, 0.25) is 0 Å². The van der Waals surface area contributed by atoms with E-state index in [9.17, 15) is 19.2 Å². The van der Waals surface area contributed by atoms with Crippen molar-refractivity contribution in [2.75, 3.05) is 46.3 Å². The van der Waals surface area contributed by atoms with Gasteiger partial charge in [-0.1, -0.05) is 24.3 Å². The van der Waals surface area contributed by atoms with Crippen molar-refractivity contribution in [1.82, 2.24) is 20.0 Å². The van der Waals surface area contributed by atoms with E-state index in [0.29, 0.717) is 17.7 Å². The van der Waals surface area contributed by atoms with Crippen molar-refractivity contribution in [3.05, 3.63) is 47.2 Å². The molecule has 3 aliphatic carbocycles. The lowest BCUT2D eigenvalue weighted by atomic mass is 9.63. The average Bonchev–Trinajstić information content (AvgIpc) is 3.01. The number of ketones is 3. The molecule has 4 fully saturated rings. The molecule has 3 aliphatic heterocycles. The van der Waals surface area contributed by atoms with Crippen LogP contribution in [0.25, 0.3) is 0 Å². The quantitative estimate of drug-likeness (QED) is 0.406. The van der Waals surface area contributed by atoms with Crippen molar-refractivity contribution in [1.29, 1.82) is 0 Å². The maximum atomic E-state index is 15.3. The number of alkyl halides is 2. The fraction of sp³-hybridized carbons (Fsp3) is 0.625. The monoisotopic (exact) mass is 596 g/mol. The molecule has 9 unspecified atom stereocenters. The van der Waals surface area contributed by atoms with Gasteiger partial charge in [-0.05, 0) is 39.3 Å². The van der Waals surface area contributed by atoms with Crippen LogP contribution < -0.4 is 5.32 Å². The standard InChI is InChI=1S/C32H38F2N4O5/c1-36-9-11-37(12-10-36)8-4-7-35-32(42)22-16-38-24-14-19-20(29(40)18-6-3-2-5-17(18)28(19)39)15-25(24)43-31-26(34)23(33)13-21(27(31)38)30(22)41/h2-3,5-6,16,19-21,23-27,31H,4,7-15H2,1H3,(H,35,42).